The Morgan fingerprint density at radius 2 is 1.67 bits per heavy atom. The van der Waals surface area contributed by atoms with Crippen LogP contribution in [0.2, 0.25) is 0 Å². The van der Waals surface area contributed by atoms with Crippen molar-refractivity contribution in [3.05, 3.63) is 42.0 Å². The molecule has 78 valence electrons. The maximum absolute atomic E-state index is 10.5. The largest absolute Gasteiger partial charge is 0.384 e. The standard InChI is InChI=1S/C11H10O3S/c1-8-6-9-4-2-3-5-10(9)7-11(8)14-15(12)13/h2-7,15H,1H3. The molecule has 0 heterocycles. The molecule has 0 spiro atoms. The van der Waals surface area contributed by atoms with Gasteiger partial charge in [-0.15, -0.1) is 0 Å². The molecule has 0 radical (unpaired) electrons. The zero-order valence-corrected chi connectivity index (χ0v) is 9.03. The molecular weight excluding hydrogens is 212 g/mol. The van der Waals surface area contributed by atoms with Gasteiger partial charge in [0.25, 0.3) is 11.0 Å². The van der Waals surface area contributed by atoms with E-state index in [9.17, 15) is 8.42 Å². The zero-order valence-electron chi connectivity index (χ0n) is 8.14. The van der Waals surface area contributed by atoms with Gasteiger partial charge in [0, 0.05) is 0 Å². The first-order valence-electron chi connectivity index (χ1n) is 4.48. The molecule has 0 aliphatic carbocycles. The van der Waals surface area contributed by atoms with E-state index < -0.39 is 11.0 Å². The fraction of sp³-hybridized carbons (Fsp3) is 0.0909. The molecule has 0 bridgehead atoms. The molecule has 0 atom stereocenters. The molecule has 2 aromatic carbocycles. The smallest absolute Gasteiger partial charge is 0.299 e. The molecule has 3 nitrogen and oxygen atoms in total. The van der Waals surface area contributed by atoms with Crippen molar-refractivity contribution in [1.82, 2.24) is 0 Å². The molecule has 0 amide bonds. The lowest BCUT2D eigenvalue weighted by Gasteiger charge is -2.05. The van der Waals surface area contributed by atoms with E-state index in [1.54, 1.807) is 6.07 Å². The molecular formula is C11H10O3S. The minimum Gasteiger partial charge on any atom is -0.384 e. The Labute approximate surface area is 89.5 Å². The number of benzene rings is 2. The first-order chi connectivity index (χ1) is 7.16. The number of rotatable bonds is 2. The number of thiol groups is 1. The van der Waals surface area contributed by atoms with Crippen molar-refractivity contribution in [3.8, 4) is 5.75 Å². The molecule has 0 aliphatic rings. The Balaban J connectivity index is 2.61. The summed E-state index contributed by atoms with van der Waals surface area (Å²) in [5.41, 5.74) is 0.813. The minimum absolute atomic E-state index is 0.393. The number of hydrogen-bond acceptors (Lipinski definition) is 3. The molecule has 0 aromatic heterocycles. The van der Waals surface area contributed by atoms with Crippen LogP contribution in [0.1, 0.15) is 5.56 Å². The Morgan fingerprint density at radius 1 is 1.07 bits per heavy atom. The Hall–Kier alpha value is -1.55. The quantitative estimate of drug-likeness (QED) is 0.791. The summed E-state index contributed by atoms with van der Waals surface area (Å²) in [5, 5.41) is 2.04. The normalized spacial score (nSPS) is 10.8. The van der Waals surface area contributed by atoms with Crippen LogP contribution in [0.3, 0.4) is 0 Å². The number of aryl methyl sites for hydroxylation is 1. The van der Waals surface area contributed by atoms with Crippen LogP contribution in [0.4, 0.5) is 0 Å². The fourth-order valence-corrected chi connectivity index (χ4v) is 1.87. The summed E-state index contributed by atoms with van der Waals surface area (Å²) in [6, 6.07) is 11.4. The lowest BCUT2D eigenvalue weighted by Crippen LogP contribution is -1.92. The van der Waals surface area contributed by atoms with Gasteiger partial charge in [-0.2, -0.15) is 8.42 Å². The van der Waals surface area contributed by atoms with Gasteiger partial charge < -0.3 is 4.18 Å². The van der Waals surface area contributed by atoms with Crippen molar-refractivity contribution < 1.29 is 12.6 Å². The lowest BCUT2D eigenvalue weighted by molar-refractivity contribution is 0.509. The van der Waals surface area contributed by atoms with E-state index >= 15 is 0 Å². The molecule has 2 aromatic rings. The highest BCUT2D eigenvalue weighted by molar-refractivity contribution is 7.67. The van der Waals surface area contributed by atoms with Gasteiger partial charge in [-0.05, 0) is 35.4 Å². The van der Waals surface area contributed by atoms with Crippen LogP contribution in [-0.2, 0) is 11.0 Å². The van der Waals surface area contributed by atoms with Gasteiger partial charge in [0.1, 0.15) is 5.75 Å². The van der Waals surface area contributed by atoms with Crippen molar-refractivity contribution >= 4 is 21.8 Å². The topological polar surface area (TPSA) is 43.4 Å². The summed E-state index contributed by atoms with van der Waals surface area (Å²) in [5.74, 6) is 0.393. The molecule has 0 aliphatic heterocycles. The van der Waals surface area contributed by atoms with Crippen LogP contribution >= 0.6 is 0 Å². The summed E-state index contributed by atoms with van der Waals surface area (Å²) in [6.07, 6.45) is 0. The lowest BCUT2D eigenvalue weighted by atomic mass is 10.1. The summed E-state index contributed by atoms with van der Waals surface area (Å²) in [7, 11) is -2.85. The summed E-state index contributed by atoms with van der Waals surface area (Å²) < 4.78 is 25.7. The third-order valence-electron chi connectivity index (χ3n) is 2.22. The predicted octanol–water partition coefficient (Wildman–Crippen LogP) is 2.05. The molecule has 0 fully saturated rings. The second-order valence-electron chi connectivity index (χ2n) is 3.28. The monoisotopic (exact) mass is 222 g/mol. The van der Waals surface area contributed by atoms with E-state index in [2.05, 4.69) is 0 Å². The van der Waals surface area contributed by atoms with Crippen molar-refractivity contribution in [2.75, 3.05) is 0 Å². The Morgan fingerprint density at radius 3 is 2.27 bits per heavy atom. The van der Waals surface area contributed by atoms with Gasteiger partial charge in [0.05, 0.1) is 0 Å². The van der Waals surface area contributed by atoms with Gasteiger partial charge >= 0.3 is 0 Å². The second kappa shape index (κ2) is 3.90. The third-order valence-corrected chi connectivity index (χ3v) is 2.56. The van der Waals surface area contributed by atoms with Crippen LogP contribution in [0.5, 0.6) is 5.75 Å². The van der Waals surface area contributed by atoms with Gasteiger partial charge in [-0.1, -0.05) is 24.3 Å². The number of fused-ring (bicyclic) bond motifs is 1. The highest BCUT2D eigenvalue weighted by Crippen LogP contribution is 2.25. The molecule has 0 unspecified atom stereocenters. The number of hydrogen-bond donors (Lipinski definition) is 1. The Bertz CT molecular complexity index is 565. The summed E-state index contributed by atoms with van der Waals surface area (Å²) >= 11 is 0. The van der Waals surface area contributed by atoms with Crippen molar-refractivity contribution in [2.24, 2.45) is 0 Å². The second-order valence-corrected chi connectivity index (χ2v) is 3.91. The maximum atomic E-state index is 10.5. The minimum atomic E-state index is -2.85. The van der Waals surface area contributed by atoms with Crippen molar-refractivity contribution in [3.63, 3.8) is 0 Å². The fourth-order valence-electron chi connectivity index (χ4n) is 1.51. The van der Waals surface area contributed by atoms with Gasteiger partial charge in [-0.3, -0.25) is 0 Å². The molecule has 0 N–H and O–H groups in total. The Kier molecular flexibility index (Phi) is 2.60. The molecule has 2 rings (SSSR count). The van der Waals surface area contributed by atoms with Gasteiger partial charge in [0.2, 0.25) is 0 Å². The summed E-state index contributed by atoms with van der Waals surface area (Å²) in [4.78, 5) is 0. The average Bonchev–Trinajstić information content (AvgIpc) is 2.18. The SMILES string of the molecule is Cc1cc2ccccc2cc1O[SH](=O)=O. The molecule has 0 saturated carbocycles. The molecule has 15 heavy (non-hydrogen) atoms. The van der Waals surface area contributed by atoms with E-state index in [0.29, 0.717) is 5.75 Å². The zero-order chi connectivity index (χ0) is 10.8. The van der Waals surface area contributed by atoms with Crippen LogP contribution in [0, 0.1) is 6.92 Å². The van der Waals surface area contributed by atoms with Crippen LogP contribution < -0.4 is 4.18 Å². The van der Waals surface area contributed by atoms with Crippen LogP contribution in [-0.4, -0.2) is 8.42 Å². The molecule has 4 heteroatoms. The average molecular weight is 222 g/mol. The van der Waals surface area contributed by atoms with E-state index in [4.69, 9.17) is 4.18 Å². The third kappa shape index (κ3) is 2.10. The van der Waals surface area contributed by atoms with Crippen molar-refractivity contribution in [2.45, 2.75) is 6.92 Å². The summed E-state index contributed by atoms with van der Waals surface area (Å²) in [6.45, 7) is 1.82. The van der Waals surface area contributed by atoms with Crippen LogP contribution in [0.25, 0.3) is 10.8 Å². The van der Waals surface area contributed by atoms with Gasteiger partial charge in [0.15, 0.2) is 0 Å². The first kappa shape index (κ1) is 9.98. The van der Waals surface area contributed by atoms with E-state index in [0.717, 1.165) is 16.3 Å². The highest BCUT2D eigenvalue weighted by atomic mass is 32.2. The molecule has 0 saturated heterocycles. The van der Waals surface area contributed by atoms with E-state index in [1.165, 1.54) is 0 Å². The van der Waals surface area contributed by atoms with Crippen molar-refractivity contribution in [1.29, 1.82) is 0 Å². The predicted molar refractivity (Wildman–Crippen MR) is 59.6 cm³/mol. The highest BCUT2D eigenvalue weighted by Gasteiger charge is 2.02. The first-order valence-corrected chi connectivity index (χ1v) is 5.58. The van der Waals surface area contributed by atoms with E-state index in [-0.39, 0.29) is 0 Å². The van der Waals surface area contributed by atoms with Gasteiger partial charge in [-0.25, -0.2) is 0 Å². The van der Waals surface area contributed by atoms with E-state index in [1.807, 2.05) is 37.3 Å². The maximum Gasteiger partial charge on any atom is 0.299 e. The van der Waals surface area contributed by atoms with Crippen LogP contribution in [0.15, 0.2) is 36.4 Å².